The van der Waals surface area contributed by atoms with E-state index in [1.54, 1.807) is 0 Å². The maximum absolute atomic E-state index is 12.4. The lowest BCUT2D eigenvalue weighted by Gasteiger charge is -2.26. The molecule has 2 N–H and O–H groups in total. The second kappa shape index (κ2) is 6.09. The standard InChI is InChI=1S/C12H16F3N3OS/c1-7-4-8(2-3-16-7)11(19)17-5-10-18-9(6-20-10)12(13,14)15/h6-8,16H,2-5H2,1H3,(H,17,19)/t7-,8-/m0/s1. The molecule has 1 aromatic heterocycles. The average molecular weight is 307 g/mol. The Hall–Kier alpha value is -1.15. The van der Waals surface area contributed by atoms with Gasteiger partial charge in [-0.05, 0) is 26.3 Å². The predicted octanol–water partition coefficient (Wildman–Crippen LogP) is 2.17. The lowest BCUT2D eigenvalue weighted by molar-refractivity contribution is -0.140. The molecule has 20 heavy (non-hydrogen) atoms. The number of carbonyl (C=O) groups excluding carboxylic acids is 1. The fourth-order valence-corrected chi connectivity index (χ4v) is 2.94. The summed E-state index contributed by atoms with van der Waals surface area (Å²) in [5.41, 5.74) is -0.901. The number of aromatic nitrogens is 1. The molecule has 1 aliphatic heterocycles. The Morgan fingerprint density at radius 1 is 1.60 bits per heavy atom. The minimum Gasteiger partial charge on any atom is -0.349 e. The molecule has 112 valence electrons. The number of amides is 1. The summed E-state index contributed by atoms with van der Waals surface area (Å²) in [5.74, 6) is -0.185. The molecule has 0 spiro atoms. The molecule has 2 rings (SSSR count). The smallest absolute Gasteiger partial charge is 0.349 e. The molecular weight excluding hydrogens is 291 g/mol. The van der Waals surface area contributed by atoms with Crippen molar-refractivity contribution in [2.24, 2.45) is 5.92 Å². The van der Waals surface area contributed by atoms with Crippen LogP contribution in [0.5, 0.6) is 0 Å². The fourth-order valence-electron chi connectivity index (χ4n) is 2.20. The van der Waals surface area contributed by atoms with Crippen molar-refractivity contribution in [3.63, 3.8) is 0 Å². The van der Waals surface area contributed by atoms with E-state index in [0.29, 0.717) is 0 Å². The zero-order chi connectivity index (χ0) is 14.8. The van der Waals surface area contributed by atoms with E-state index in [9.17, 15) is 18.0 Å². The van der Waals surface area contributed by atoms with Crippen molar-refractivity contribution in [3.05, 3.63) is 16.1 Å². The van der Waals surface area contributed by atoms with Gasteiger partial charge in [-0.2, -0.15) is 13.2 Å². The number of hydrogen-bond donors (Lipinski definition) is 2. The van der Waals surface area contributed by atoms with Crippen LogP contribution in [0.1, 0.15) is 30.5 Å². The summed E-state index contributed by atoms with van der Waals surface area (Å²) in [7, 11) is 0. The van der Waals surface area contributed by atoms with E-state index in [1.807, 2.05) is 6.92 Å². The van der Waals surface area contributed by atoms with Crippen molar-refractivity contribution in [3.8, 4) is 0 Å². The number of carbonyl (C=O) groups is 1. The highest BCUT2D eigenvalue weighted by Crippen LogP contribution is 2.30. The highest BCUT2D eigenvalue weighted by molar-refractivity contribution is 7.09. The lowest BCUT2D eigenvalue weighted by atomic mass is 9.92. The molecule has 1 aromatic rings. The van der Waals surface area contributed by atoms with Gasteiger partial charge in [0.1, 0.15) is 5.01 Å². The largest absolute Gasteiger partial charge is 0.434 e. The zero-order valence-electron chi connectivity index (χ0n) is 11.0. The van der Waals surface area contributed by atoms with Crippen LogP contribution in [-0.4, -0.2) is 23.5 Å². The Morgan fingerprint density at radius 3 is 2.95 bits per heavy atom. The third-order valence-electron chi connectivity index (χ3n) is 3.25. The molecule has 0 saturated carbocycles. The number of halogens is 3. The second-order valence-electron chi connectivity index (χ2n) is 4.92. The average Bonchev–Trinajstić information content (AvgIpc) is 2.84. The van der Waals surface area contributed by atoms with E-state index in [-0.39, 0.29) is 29.4 Å². The van der Waals surface area contributed by atoms with Crippen LogP contribution in [0.4, 0.5) is 13.2 Å². The Balaban J connectivity index is 1.85. The summed E-state index contributed by atoms with van der Waals surface area (Å²) in [6.45, 7) is 2.85. The van der Waals surface area contributed by atoms with Gasteiger partial charge in [-0.3, -0.25) is 4.79 Å². The third-order valence-corrected chi connectivity index (χ3v) is 4.10. The van der Waals surface area contributed by atoms with Crippen LogP contribution < -0.4 is 10.6 Å². The summed E-state index contributed by atoms with van der Waals surface area (Å²) in [5, 5.41) is 7.15. The van der Waals surface area contributed by atoms with E-state index < -0.39 is 11.9 Å². The van der Waals surface area contributed by atoms with Crippen molar-refractivity contribution in [1.82, 2.24) is 15.6 Å². The summed E-state index contributed by atoms with van der Waals surface area (Å²) in [6, 6.07) is 0.288. The molecule has 0 aliphatic carbocycles. The predicted molar refractivity (Wildman–Crippen MR) is 69.2 cm³/mol. The molecule has 4 nitrogen and oxygen atoms in total. The van der Waals surface area contributed by atoms with Gasteiger partial charge in [0.05, 0.1) is 6.54 Å². The van der Waals surface area contributed by atoms with Gasteiger partial charge in [0.15, 0.2) is 5.69 Å². The zero-order valence-corrected chi connectivity index (χ0v) is 11.8. The minimum absolute atomic E-state index is 0.0535. The first-order valence-electron chi connectivity index (χ1n) is 6.39. The number of rotatable bonds is 3. The van der Waals surface area contributed by atoms with Crippen LogP contribution in [0.15, 0.2) is 5.38 Å². The van der Waals surface area contributed by atoms with E-state index in [4.69, 9.17) is 0 Å². The van der Waals surface area contributed by atoms with Crippen molar-refractivity contribution in [1.29, 1.82) is 0 Å². The van der Waals surface area contributed by atoms with E-state index in [0.717, 1.165) is 36.1 Å². The summed E-state index contributed by atoms with van der Waals surface area (Å²) >= 11 is 0.907. The van der Waals surface area contributed by atoms with Crippen LogP contribution >= 0.6 is 11.3 Å². The number of nitrogens with one attached hydrogen (secondary N) is 2. The highest BCUT2D eigenvalue weighted by Gasteiger charge is 2.33. The summed E-state index contributed by atoms with van der Waals surface area (Å²) in [4.78, 5) is 15.4. The number of nitrogens with zero attached hydrogens (tertiary/aromatic N) is 1. The molecule has 1 saturated heterocycles. The Morgan fingerprint density at radius 2 is 2.35 bits per heavy atom. The van der Waals surface area contributed by atoms with Crippen LogP contribution in [0.25, 0.3) is 0 Å². The first-order valence-corrected chi connectivity index (χ1v) is 7.27. The molecule has 0 radical (unpaired) electrons. The first-order chi connectivity index (χ1) is 9.36. The quantitative estimate of drug-likeness (QED) is 0.900. The van der Waals surface area contributed by atoms with Crippen LogP contribution in [0.2, 0.25) is 0 Å². The van der Waals surface area contributed by atoms with Gasteiger partial charge in [-0.15, -0.1) is 11.3 Å². The minimum atomic E-state index is -4.43. The fraction of sp³-hybridized carbons (Fsp3) is 0.667. The molecule has 2 atom stereocenters. The number of thiazole rings is 1. The molecular formula is C12H16F3N3OS. The second-order valence-corrected chi connectivity index (χ2v) is 5.86. The SMILES string of the molecule is C[C@H]1C[C@@H](C(=O)NCc2nc(C(F)(F)F)cs2)CCN1. The number of alkyl halides is 3. The van der Waals surface area contributed by atoms with Gasteiger partial charge < -0.3 is 10.6 Å². The molecule has 0 bridgehead atoms. The van der Waals surface area contributed by atoms with Gasteiger partial charge in [0.25, 0.3) is 0 Å². The molecule has 0 aromatic carbocycles. The first kappa shape index (κ1) is 15.2. The van der Waals surface area contributed by atoms with E-state index in [2.05, 4.69) is 15.6 Å². The molecule has 2 heterocycles. The van der Waals surface area contributed by atoms with Gasteiger partial charge in [-0.25, -0.2) is 4.98 Å². The van der Waals surface area contributed by atoms with Gasteiger partial charge >= 0.3 is 6.18 Å². The molecule has 1 aliphatic rings. The molecule has 0 unspecified atom stereocenters. The number of piperidine rings is 1. The van der Waals surface area contributed by atoms with Crippen molar-refractivity contribution in [2.45, 2.75) is 38.5 Å². The molecule has 8 heteroatoms. The maximum Gasteiger partial charge on any atom is 0.434 e. The van der Waals surface area contributed by atoms with E-state index in [1.165, 1.54) is 0 Å². The van der Waals surface area contributed by atoms with Crippen LogP contribution in [0.3, 0.4) is 0 Å². The normalized spacial score (nSPS) is 23.6. The topological polar surface area (TPSA) is 54.0 Å². The maximum atomic E-state index is 12.4. The Labute approximate surface area is 118 Å². The summed E-state index contributed by atoms with van der Waals surface area (Å²) < 4.78 is 37.2. The molecule has 1 amide bonds. The lowest BCUT2D eigenvalue weighted by Crippen LogP contribution is -2.42. The van der Waals surface area contributed by atoms with Crippen LogP contribution in [0, 0.1) is 5.92 Å². The van der Waals surface area contributed by atoms with Crippen molar-refractivity contribution >= 4 is 17.2 Å². The van der Waals surface area contributed by atoms with Crippen LogP contribution in [-0.2, 0) is 17.5 Å². The Kier molecular flexibility index (Phi) is 4.64. The van der Waals surface area contributed by atoms with Gasteiger partial charge in [-0.1, -0.05) is 0 Å². The molecule has 1 fully saturated rings. The third kappa shape index (κ3) is 3.92. The monoisotopic (exact) mass is 307 g/mol. The van der Waals surface area contributed by atoms with Gasteiger partial charge in [0, 0.05) is 17.3 Å². The number of hydrogen-bond acceptors (Lipinski definition) is 4. The summed E-state index contributed by atoms with van der Waals surface area (Å²) in [6.07, 6.45) is -2.93. The Bertz CT molecular complexity index is 475. The van der Waals surface area contributed by atoms with Gasteiger partial charge in [0.2, 0.25) is 5.91 Å². The van der Waals surface area contributed by atoms with E-state index >= 15 is 0 Å². The van der Waals surface area contributed by atoms with Crippen molar-refractivity contribution in [2.75, 3.05) is 6.54 Å². The highest BCUT2D eigenvalue weighted by atomic mass is 32.1. The van der Waals surface area contributed by atoms with Crippen molar-refractivity contribution < 1.29 is 18.0 Å².